The minimum Gasteiger partial charge on any atom is -0.497 e. The van der Waals surface area contributed by atoms with Gasteiger partial charge in [0, 0.05) is 12.1 Å². The number of benzene rings is 2. The highest BCUT2D eigenvalue weighted by atomic mass is 32.2. The van der Waals surface area contributed by atoms with Gasteiger partial charge in [-0.3, -0.25) is 9.52 Å². The fourth-order valence-corrected chi connectivity index (χ4v) is 3.52. The van der Waals surface area contributed by atoms with Crippen molar-refractivity contribution in [2.45, 2.75) is 37.8 Å². The number of anilines is 1. The standard InChI is InChI=1S/C20H26N2O6S/c1-13(2)21-20(23)14(3)28-15-6-9-17(10-7-15)29(24,25)22-18-12-16(26-4)8-11-19(18)27-5/h6-14,22H,1-5H3,(H,21,23)/t14-/m0/s1. The van der Waals surface area contributed by atoms with Gasteiger partial charge >= 0.3 is 0 Å². The van der Waals surface area contributed by atoms with E-state index in [0.29, 0.717) is 17.2 Å². The van der Waals surface area contributed by atoms with Gasteiger partial charge in [0.25, 0.3) is 15.9 Å². The third kappa shape index (κ3) is 6.02. The molecule has 2 rings (SSSR count). The Labute approximate surface area is 171 Å². The Kier molecular flexibility index (Phi) is 7.33. The molecule has 29 heavy (non-hydrogen) atoms. The Bertz CT molecular complexity index is 942. The van der Waals surface area contributed by atoms with Crippen molar-refractivity contribution in [3.63, 3.8) is 0 Å². The number of hydrogen-bond donors (Lipinski definition) is 2. The zero-order valence-electron chi connectivity index (χ0n) is 17.1. The van der Waals surface area contributed by atoms with E-state index in [1.54, 1.807) is 19.1 Å². The second-order valence-electron chi connectivity index (χ2n) is 6.57. The zero-order valence-corrected chi connectivity index (χ0v) is 17.9. The first kappa shape index (κ1) is 22.4. The smallest absolute Gasteiger partial charge is 0.262 e. The molecule has 2 aromatic rings. The lowest BCUT2D eigenvalue weighted by Crippen LogP contribution is -2.40. The summed E-state index contributed by atoms with van der Waals surface area (Å²) in [6.45, 7) is 5.34. The summed E-state index contributed by atoms with van der Waals surface area (Å²) in [5.41, 5.74) is 0.256. The van der Waals surface area contributed by atoms with Gasteiger partial charge in [-0.05, 0) is 57.2 Å². The van der Waals surface area contributed by atoms with E-state index in [0.717, 1.165) is 0 Å². The minimum absolute atomic E-state index is 0.000690. The van der Waals surface area contributed by atoms with Crippen molar-refractivity contribution < 1.29 is 27.4 Å². The van der Waals surface area contributed by atoms with Crippen LogP contribution in [0.2, 0.25) is 0 Å². The molecular formula is C20H26N2O6S. The molecule has 9 heteroatoms. The van der Waals surface area contributed by atoms with Crippen LogP contribution in [-0.2, 0) is 14.8 Å². The summed E-state index contributed by atoms with van der Waals surface area (Å²) in [7, 11) is -0.935. The number of hydrogen-bond acceptors (Lipinski definition) is 6. The van der Waals surface area contributed by atoms with Crippen LogP contribution in [0.4, 0.5) is 5.69 Å². The van der Waals surface area contributed by atoms with Crippen LogP contribution in [0.3, 0.4) is 0 Å². The normalized spacial score (nSPS) is 12.2. The molecule has 0 unspecified atom stereocenters. The van der Waals surface area contributed by atoms with E-state index < -0.39 is 16.1 Å². The molecule has 0 heterocycles. The van der Waals surface area contributed by atoms with E-state index >= 15 is 0 Å². The van der Waals surface area contributed by atoms with E-state index in [9.17, 15) is 13.2 Å². The SMILES string of the molecule is COc1ccc(OC)c(NS(=O)(=O)c2ccc(O[C@@H](C)C(=O)NC(C)C)cc2)c1. The molecule has 8 nitrogen and oxygen atoms in total. The van der Waals surface area contributed by atoms with Crippen LogP contribution in [0.25, 0.3) is 0 Å². The third-order valence-corrected chi connectivity index (χ3v) is 5.28. The molecule has 0 fully saturated rings. The summed E-state index contributed by atoms with van der Waals surface area (Å²) >= 11 is 0. The number of nitrogens with one attached hydrogen (secondary N) is 2. The lowest BCUT2D eigenvalue weighted by Gasteiger charge is -2.17. The number of carbonyl (C=O) groups excluding carboxylic acids is 1. The maximum absolute atomic E-state index is 12.7. The predicted molar refractivity (Wildman–Crippen MR) is 110 cm³/mol. The highest BCUT2D eigenvalue weighted by Crippen LogP contribution is 2.31. The van der Waals surface area contributed by atoms with Crippen LogP contribution in [0.1, 0.15) is 20.8 Å². The van der Waals surface area contributed by atoms with Crippen LogP contribution < -0.4 is 24.2 Å². The molecule has 0 saturated carbocycles. The van der Waals surface area contributed by atoms with Gasteiger partial charge < -0.3 is 19.5 Å². The first-order chi connectivity index (χ1) is 13.7. The van der Waals surface area contributed by atoms with Gasteiger partial charge in [-0.15, -0.1) is 0 Å². The highest BCUT2D eigenvalue weighted by Gasteiger charge is 2.19. The molecule has 0 spiro atoms. The van der Waals surface area contributed by atoms with Crippen molar-refractivity contribution in [1.29, 1.82) is 0 Å². The van der Waals surface area contributed by atoms with Crippen LogP contribution in [0.5, 0.6) is 17.2 Å². The van der Waals surface area contributed by atoms with Gasteiger partial charge in [-0.25, -0.2) is 8.42 Å². The van der Waals surface area contributed by atoms with Crippen molar-refractivity contribution >= 4 is 21.6 Å². The summed E-state index contributed by atoms with van der Waals surface area (Å²) in [6, 6.07) is 10.6. The fraction of sp³-hybridized carbons (Fsp3) is 0.350. The van der Waals surface area contributed by atoms with Gasteiger partial charge in [0.2, 0.25) is 0 Å². The van der Waals surface area contributed by atoms with Crippen molar-refractivity contribution in [3.05, 3.63) is 42.5 Å². The van der Waals surface area contributed by atoms with Gasteiger partial charge in [-0.2, -0.15) is 0 Å². The summed E-state index contributed by atoms with van der Waals surface area (Å²) in [4.78, 5) is 12.0. The second kappa shape index (κ2) is 9.51. The molecule has 2 N–H and O–H groups in total. The van der Waals surface area contributed by atoms with Crippen LogP contribution in [-0.4, -0.2) is 40.7 Å². The Hall–Kier alpha value is -2.94. The van der Waals surface area contributed by atoms with Gasteiger partial charge in [0.1, 0.15) is 17.2 Å². The monoisotopic (exact) mass is 422 g/mol. The molecule has 1 amide bonds. The number of methoxy groups -OCH3 is 2. The number of sulfonamides is 1. The van der Waals surface area contributed by atoms with E-state index in [-0.39, 0.29) is 22.5 Å². The summed E-state index contributed by atoms with van der Waals surface area (Å²) in [5.74, 6) is 0.984. The minimum atomic E-state index is -3.87. The molecular weight excluding hydrogens is 396 g/mol. The van der Waals surface area contributed by atoms with Crippen molar-refractivity contribution in [2.75, 3.05) is 18.9 Å². The maximum atomic E-state index is 12.7. The van der Waals surface area contributed by atoms with Gasteiger partial charge in [0.05, 0.1) is 24.8 Å². The molecule has 158 valence electrons. The largest absolute Gasteiger partial charge is 0.497 e. The Balaban J connectivity index is 2.15. The molecule has 0 aliphatic heterocycles. The lowest BCUT2D eigenvalue weighted by atomic mass is 10.3. The highest BCUT2D eigenvalue weighted by molar-refractivity contribution is 7.92. The van der Waals surface area contributed by atoms with Crippen LogP contribution >= 0.6 is 0 Å². The molecule has 0 aromatic heterocycles. The van der Waals surface area contributed by atoms with Crippen LogP contribution in [0.15, 0.2) is 47.4 Å². The Morgan fingerprint density at radius 1 is 0.931 bits per heavy atom. The van der Waals surface area contributed by atoms with Gasteiger partial charge in [-0.1, -0.05) is 0 Å². The predicted octanol–water partition coefficient (Wildman–Crippen LogP) is 2.80. The number of carbonyl (C=O) groups is 1. The van der Waals surface area contributed by atoms with E-state index in [1.165, 1.54) is 44.6 Å². The van der Waals surface area contributed by atoms with Crippen molar-refractivity contribution in [2.24, 2.45) is 0 Å². The first-order valence-corrected chi connectivity index (χ1v) is 10.5. The third-order valence-electron chi connectivity index (χ3n) is 3.90. The van der Waals surface area contributed by atoms with Crippen molar-refractivity contribution in [3.8, 4) is 17.2 Å². The van der Waals surface area contributed by atoms with Crippen molar-refractivity contribution in [1.82, 2.24) is 5.32 Å². The number of amides is 1. The molecule has 2 aromatic carbocycles. The quantitative estimate of drug-likeness (QED) is 0.644. The molecule has 0 radical (unpaired) electrons. The van der Waals surface area contributed by atoms with Gasteiger partial charge in [0.15, 0.2) is 6.10 Å². The van der Waals surface area contributed by atoms with E-state index in [2.05, 4.69) is 10.0 Å². The van der Waals surface area contributed by atoms with E-state index in [1.807, 2.05) is 13.8 Å². The summed E-state index contributed by atoms with van der Waals surface area (Å²) in [6.07, 6.45) is -0.709. The Morgan fingerprint density at radius 3 is 2.10 bits per heavy atom. The summed E-state index contributed by atoms with van der Waals surface area (Å²) < 4.78 is 43.8. The average molecular weight is 423 g/mol. The molecule has 0 aliphatic rings. The van der Waals surface area contributed by atoms with E-state index in [4.69, 9.17) is 14.2 Å². The van der Waals surface area contributed by atoms with Crippen LogP contribution in [0, 0.1) is 0 Å². The summed E-state index contributed by atoms with van der Waals surface area (Å²) in [5, 5.41) is 2.75. The zero-order chi connectivity index (χ0) is 21.6. The number of ether oxygens (including phenoxy) is 3. The first-order valence-electron chi connectivity index (χ1n) is 8.98. The molecule has 0 saturated heterocycles. The fourth-order valence-electron chi connectivity index (χ4n) is 2.45. The topological polar surface area (TPSA) is 103 Å². The number of rotatable bonds is 9. The average Bonchev–Trinajstić information content (AvgIpc) is 2.67. The molecule has 0 bridgehead atoms. The molecule has 0 aliphatic carbocycles. The lowest BCUT2D eigenvalue weighted by molar-refractivity contribution is -0.127. The second-order valence-corrected chi connectivity index (χ2v) is 8.25. The maximum Gasteiger partial charge on any atom is 0.262 e. The molecule has 1 atom stereocenters. The Morgan fingerprint density at radius 2 is 1.55 bits per heavy atom.